The molecule has 0 aliphatic carbocycles. The van der Waals surface area contributed by atoms with Crippen molar-refractivity contribution in [1.82, 2.24) is 0 Å². The van der Waals surface area contributed by atoms with Crippen LogP contribution in [0.25, 0.3) is 0 Å². The zero-order chi connectivity index (χ0) is 4.28. The smallest absolute Gasteiger partial charge is 0.160 e. The molecule has 0 aromatic rings. The molecule has 0 spiro atoms. The summed E-state index contributed by atoms with van der Waals surface area (Å²) in [7, 11) is -2.08. The van der Waals surface area contributed by atoms with Crippen molar-refractivity contribution in [3.05, 3.63) is 0 Å². The standard InChI is InChI=1S/CH2ClO2P.ClH/c2-1-5(3)4;/h1H2;1H/p+1. The van der Waals surface area contributed by atoms with Crippen LogP contribution in [0.2, 0.25) is 0 Å². The molecule has 0 amide bonds. The zero-order valence-corrected chi connectivity index (χ0v) is 5.26. The second-order valence-corrected chi connectivity index (χ2v) is 2.13. The van der Waals surface area contributed by atoms with E-state index in [2.05, 4.69) is 0 Å². The fourth-order valence-corrected chi connectivity index (χ4v) is 0. The van der Waals surface area contributed by atoms with Crippen LogP contribution in [-0.4, -0.2) is 10.5 Å². The van der Waals surface area contributed by atoms with Gasteiger partial charge in [0.15, 0.2) is 0 Å². The largest absolute Gasteiger partial charge is 0.521 e. The molecule has 1 atom stereocenters. The Kier molecular flexibility index (Phi) is 9.22. The van der Waals surface area contributed by atoms with Crippen LogP contribution in [0.15, 0.2) is 0 Å². The summed E-state index contributed by atoms with van der Waals surface area (Å²) in [4.78, 5) is 7.74. The van der Waals surface area contributed by atoms with Crippen LogP contribution in [-0.2, 0) is 4.57 Å². The molecule has 0 radical (unpaired) electrons. The maximum absolute atomic E-state index is 9.38. The van der Waals surface area contributed by atoms with Gasteiger partial charge in [-0.2, -0.15) is 4.89 Å². The normalized spacial score (nSPS) is 9.33. The molecule has 1 N–H and O–H groups in total. The van der Waals surface area contributed by atoms with E-state index < -0.39 is 8.03 Å². The number of rotatable bonds is 1. The minimum Gasteiger partial charge on any atom is -0.160 e. The monoisotopic (exact) mass is 149 g/mol. The fourth-order valence-electron chi connectivity index (χ4n) is 0. The highest BCUT2D eigenvalue weighted by Crippen LogP contribution is 2.12. The van der Waals surface area contributed by atoms with Crippen molar-refractivity contribution >= 4 is 32.0 Å². The lowest BCUT2D eigenvalue weighted by atomic mass is 11.9. The summed E-state index contributed by atoms with van der Waals surface area (Å²) in [5.41, 5.74) is -0.157. The predicted octanol–water partition coefficient (Wildman–Crippen LogP) is 1.34. The van der Waals surface area contributed by atoms with Gasteiger partial charge in [0.2, 0.25) is 5.62 Å². The number of hydrogen-bond acceptors (Lipinski definition) is 1. The molecule has 2 nitrogen and oxygen atoms in total. The van der Waals surface area contributed by atoms with E-state index in [0.717, 1.165) is 0 Å². The maximum Gasteiger partial charge on any atom is 0.521 e. The summed E-state index contributed by atoms with van der Waals surface area (Å²) in [5.74, 6) is 0. The van der Waals surface area contributed by atoms with E-state index in [-0.39, 0.29) is 18.0 Å². The first kappa shape index (κ1) is 9.81. The van der Waals surface area contributed by atoms with Gasteiger partial charge in [-0.25, -0.2) is 0 Å². The van der Waals surface area contributed by atoms with Gasteiger partial charge >= 0.3 is 8.03 Å². The van der Waals surface area contributed by atoms with Crippen molar-refractivity contribution in [2.45, 2.75) is 0 Å². The molecule has 0 aromatic carbocycles. The van der Waals surface area contributed by atoms with Crippen LogP contribution in [0.3, 0.4) is 0 Å². The van der Waals surface area contributed by atoms with Crippen molar-refractivity contribution in [2.75, 3.05) is 5.62 Å². The molecule has 0 saturated carbocycles. The van der Waals surface area contributed by atoms with E-state index in [1.807, 2.05) is 0 Å². The third kappa shape index (κ3) is 8.82. The van der Waals surface area contributed by atoms with Crippen LogP contribution in [0.5, 0.6) is 0 Å². The Balaban J connectivity index is 0. The summed E-state index contributed by atoms with van der Waals surface area (Å²) < 4.78 is 9.38. The SMILES string of the molecule is Cl.O=[P+](O)CCl. The third-order valence-corrected chi connectivity index (χ3v) is 0.920. The summed E-state index contributed by atoms with van der Waals surface area (Å²) in [6.45, 7) is 0. The van der Waals surface area contributed by atoms with Crippen molar-refractivity contribution < 1.29 is 9.46 Å². The predicted molar refractivity (Wildman–Crippen MR) is 27.8 cm³/mol. The van der Waals surface area contributed by atoms with Gasteiger partial charge in [0.1, 0.15) is 0 Å². The molecule has 0 heterocycles. The first-order valence-corrected chi connectivity index (χ1v) is 2.90. The molecule has 38 valence electrons. The lowest BCUT2D eigenvalue weighted by molar-refractivity contribution is 0.508. The lowest BCUT2D eigenvalue weighted by Crippen LogP contribution is -1.50. The van der Waals surface area contributed by atoms with Crippen molar-refractivity contribution in [1.29, 1.82) is 0 Å². The van der Waals surface area contributed by atoms with Crippen LogP contribution >= 0.6 is 32.0 Å². The summed E-state index contributed by atoms with van der Waals surface area (Å²) in [5, 5.41) is 0. The van der Waals surface area contributed by atoms with Gasteiger partial charge in [0.05, 0.1) is 0 Å². The number of alkyl halides is 1. The lowest BCUT2D eigenvalue weighted by Gasteiger charge is -1.50. The maximum atomic E-state index is 9.38. The van der Waals surface area contributed by atoms with Gasteiger partial charge in [-0.3, -0.25) is 0 Å². The van der Waals surface area contributed by atoms with E-state index in [4.69, 9.17) is 16.5 Å². The molecular formula is CH4Cl2O2P+. The van der Waals surface area contributed by atoms with E-state index in [1.165, 1.54) is 0 Å². The van der Waals surface area contributed by atoms with Crippen molar-refractivity contribution in [3.8, 4) is 0 Å². The molecule has 0 fully saturated rings. The molecule has 0 aliphatic heterocycles. The molecule has 6 heavy (non-hydrogen) atoms. The van der Waals surface area contributed by atoms with Gasteiger partial charge in [0.25, 0.3) is 0 Å². The quantitative estimate of drug-likeness (QED) is 0.452. The van der Waals surface area contributed by atoms with Crippen LogP contribution in [0, 0.1) is 0 Å². The molecule has 0 bridgehead atoms. The van der Waals surface area contributed by atoms with Gasteiger partial charge in [-0.15, -0.1) is 12.4 Å². The number of halogens is 2. The summed E-state index contributed by atoms with van der Waals surface area (Å²) >= 11 is 4.80. The van der Waals surface area contributed by atoms with Gasteiger partial charge in [0, 0.05) is 0 Å². The average molecular weight is 150 g/mol. The van der Waals surface area contributed by atoms with E-state index in [0.29, 0.717) is 0 Å². The van der Waals surface area contributed by atoms with E-state index in [1.54, 1.807) is 0 Å². The molecule has 0 saturated heterocycles. The average Bonchev–Trinajstić information content (AvgIpc) is 1.38. The highest BCUT2D eigenvalue weighted by Gasteiger charge is 2.01. The number of hydrogen-bond donors (Lipinski definition) is 1. The third-order valence-electron chi connectivity index (χ3n) is 0.102. The van der Waals surface area contributed by atoms with Gasteiger partial charge in [-0.05, 0) is 4.57 Å². The second kappa shape index (κ2) is 5.64. The Morgan fingerprint density at radius 2 is 2.00 bits per heavy atom. The van der Waals surface area contributed by atoms with Crippen molar-refractivity contribution in [3.63, 3.8) is 0 Å². The van der Waals surface area contributed by atoms with E-state index >= 15 is 0 Å². The van der Waals surface area contributed by atoms with Crippen LogP contribution < -0.4 is 0 Å². The highest BCUT2D eigenvalue weighted by molar-refractivity contribution is 7.40. The molecule has 1 unspecified atom stereocenters. The van der Waals surface area contributed by atoms with Crippen LogP contribution in [0.1, 0.15) is 0 Å². The molecule has 5 heteroatoms. The Morgan fingerprint density at radius 3 is 2.00 bits per heavy atom. The summed E-state index contributed by atoms with van der Waals surface area (Å²) in [6, 6.07) is 0. The molecule has 0 aromatic heterocycles. The van der Waals surface area contributed by atoms with E-state index in [9.17, 15) is 4.57 Å². The van der Waals surface area contributed by atoms with Crippen molar-refractivity contribution in [2.24, 2.45) is 0 Å². The van der Waals surface area contributed by atoms with Gasteiger partial charge in [-0.1, -0.05) is 11.6 Å². The highest BCUT2D eigenvalue weighted by atomic mass is 35.5. The zero-order valence-electron chi connectivity index (χ0n) is 2.80. The Hall–Kier alpha value is 0.640. The van der Waals surface area contributed by atoms with Gasteiger partial charge < -0.3 is 0 Å². The van der Waals surface area contributed by atoms with Crippen LogP contribution in [0.4, 0.5) is 0 Å². The topological polar surface area (TPSA) is 37.3 Å². The minimum absolute atomic E-state index is 0. The molecule has 0 aliphatic rings. The Labute approximate surface area is 47.8 Å². The first-order valence-electron chi connectivity index (χ1n) is 0.966. The second-order valence-electron chi connectivity index (χ2n) is 0.472. The Morgan fingerprint density at radius 1 is 1.83 bits per heavy atom. The Bertz CT molecular complexity index is 46.8. The first-order chi connectivity index (χ1) is 2.27. The summed E-state index contributed by atoms with van der Waals surface area (Å²) in [6.07, 6.45) is 0. The molecular weight excluding hydrogens is 146 g/mol. The fraction of sp³-hybridized carbons (Fsp3) is 1.00. The molecule has 0 rings (SSSR count). The minimum atomic E-state index is -2.08.